The van der Waals surface area contributed by atoms with Gasteiger partial charge >= 0.3 is 11.9 Å². The molecule has 31 heavy (non-hydrogen) atoms. The summed E-state index contributed by atoms with van der Waals surface area (Å²) in [7, 11) is 0. The van der Waals surface area contributed by atoms with Gasteiger partial charge in [-0.15, -0.1) is 0 Å². The maximum Gasteiger partial charge on any atom is 0.338 e. The first-order valence-corrected chi connectivity index (χ1v) is 10.3. The topological polar surface area (TPSA) is 90.0 Å². The van der Waals surface area contributed by atoms with Crippen LogP contribution < -0.4 is 4.90 Å². The van der Waals surface area contributed by atoms with Crippen LogP contribution in [-0.2, 0) is 19.1 Å². The van der Waals surface area contributed by atoms with E-state index in [4.69, 9.17) is 9.47 Å². The first-order valence-electron chi connectivity index (χ1n) is 10.3. The second-order valence-corrected chi connectivity index (χ2v) is 7.24. The summed E-state index contributed by atoms with van der Waals surface area (Å²) in [5.41, 5.74) is 1.45. The molecule has 2 aromatic carbocycles. The molecule has 1 fully saturated rings. The molecule has 2 aromatic rings. The largest absolute Gasteiger partial charge is 0.462 e. The number of carbonyl (C=O) groups excluding carboxylic acids is 4. The first kappa shape index (κ1) is 22.2. The van der Waals surface area contributed by atoms with Crippen LogP contribution in [0.5, 0.6) is 0 Å². The Morgan fingerprint density at radius 3 is 2.29 bits per heavy atom. The minimum atomic E-state index is -0.886. The molecule has 3 rings (SSSR count). The number of amides is 1. The molecule has 7 heteroatoms. The Hall–Kier alpha value is -3.48. The molecule has 1 aliphatic heterocycles. The summed E-state index contributed by atoms with van der Waals surface area (Å²) < 4.78 is 10.4. The molecule has 0 aliphatic carbocycles. The Balaban J connectivity index is 1.64. The summed E-state index contributed by atoms with van der Waals surface area (Å²) >= 11 is 0. The lowest BCUT2D eigenvalue weighted by molar-refractivity contribution is -0.151. The predicted molar refractivity (Wildman–Crippen MR) is 114 cm³/mol. The molecule has 1 saturated heterocycles. The molecule has 0 saturated carbocycles. The average molecular weight is 423 g/mol. The Kier molecular flexibility index (Phi) is 7.18. The molecule has 162 valence electrons. The van der Waals surface area contributed by atoms with Crippen LogP contribution >= 0.6 is 0 Å². The van der Waals surface area contributed by atoms with Crippen LogP contribution in [-0.4, -0.2) is 42.9 Å². The number of hydrogen-bond donors (Lipinski definition) is 0. The fourth-order valence-electron chi connectivity index (χ4n) is 3.45. The second kappa shape index (κ2) is 10.0. The maximum atomic E-state index is 12.7. The molecule has 1 amide bonds. The molecule has 0 spiro atoms. The molecular weight excluding hydrogens is 398 g/mol. The van der Waals surface area contributed by atoms with E-state index in [0.29, 0.717) is 23.2 Å². The van der Waals surface area contributed by atoms with Crippen LogP contribution in [0.15, 0.2) is 54.6 Å². The second-order valence-electron chi connectivity index (χ2n) is 7.24. The van der Waals surface area contributed by atoms with Gasteiger partial charge < -0.3 is 14.4 Å². The van der Waals surface area contributed by atoms with Crippen molar-refractivity contribution in [3.05, 3.63) is 65.7 Å². The van der Waals surface area contributed by atoms with Gasteiger partial charge in [0.05, 0.1) is 18.1 Å². The number of rotatable bonds is 8. The number of hydrogen-bond acceptors (Lipinski definition) is 6. The Morgan fingerprint density at radius 2 is 1.68 bits per heavy atom. The number of benzene rings is 2. The Labute approximate surface area is 180 Å². The summed E-state index contributed by atoms with van der Waals surface area (Å²) in [6, 6.07) is 15.1. The fraction of sp³-hybridized carbons (Fsp3) is 0.333. The zero-order chi connectivity index (χ0) is 22.4. The van der Waals surface area contributed by atoms with Gasteiger partial charge in [-0.05, 0) is 37.6 Å². The highest BCUT2D eigenvalue weighted by atomic mass is 16.5. The molecule has 1 aliphatic rings. The van der Waals surface area contributed by atoms with Crippen molar-refractivity contribution in [2.75, 3.05) is 18.1 Å². The highest BCUT2D eigenvalue weighted by molar-refractivity contribution is 6.02. The van der Waals surface area contributed by atoms with Crippen LogP contribution in [0.2, 0.25) is 0 Å². The van der Waals surface area contributed by atoms with Crippen LogP contribution in [0, 0.1) is 5.92 Å². The number of esters is 2. The van der Waals surface area contributed by atoms with Crippen LogP contribution in [0.3, 0.4) is 0 Å². The highest BCUT2D eigenvalue weighted by Crippen LogP contribution is 2.27. The summed E-state index contributed by atoms with van der Waals surface area (Å²) in [5.74, 6) is -2.12. The summed E-state index contributed by atoms with van der Waals surface area (Å²) in [5, 5.41) is 0. The van der Waals surface area contributed by atoms with Gasteiger partial charge in [0.25, 0.3) is 0 Å². The number of ketones is 1. The van der Waals surface area contributed by atoms with E-state index in [2.05, 4.69) is 0 Å². The smallest absolute Gasteiger partial charge is 0.338 e. The molecule has 0 N–H and O–H groups in total. The van der Waals surface area contributed by atoms with Crippen molar-refractivity contribution in [2.24, 2.45) is 5.92 Å². The number of ether oxygens (including phenoxy) is 2. The zero-order valence-electron chi connectivity index (χ0n) is 17.6. The zero-order valence-corrected chi connectivity index (χ0v) is 17.6. The molecule has 1 heterocycles. The van der Waals surface area contributed by atoms with E-state index < -0.39 is 24.0 Å². The van der Waals surface area contributed by atoms with Crippen molar-refractivity contribution < 1.29 is 28.7 Å². The lowest BCUT2D eigenvalue weighted by Crippen LogP contribution is -2.31. The minimum absolute atomic E-state index is 0.00836. The number of nitrogens with zero attached hydrogens (tertiary/aromatic N) is 1. The van der Waals surface area contributed by atoms with Gasteiger partial charge in [0.2, 0.25) is 11.7 Å². The standard InChI is InChI=1S/C24H25NO6/c1-3-20(22(27)16-8-6-5-7-9-16)31-24(29)18-14-21(26)25(15-18)19-12-10-17(11-13-19)23(28)30-4-2/h5-13,18,20H,3-4,14-15H2,1-2H3/t18-,20+/m1/s1. The number of anilines is 1. The van der Waals surface area contributed by atoms with Gasteiger partial charge in [0.1, 0.15) is 0 Å². The van der Waals surface area contributed by atoms with Gasteiger partial charge in [-0.25, -0.2) is 4.79 Å². The number of carbonyl (C=O) groups is 4. The van der Waals surface area contributed by atoms with Crippen molar-refractivity contribution >= 4 is 29.3 Å². The molecular formula is C24H25NO6. The highest BCUT2D eigenvalue weighted by Gasteiger charge is 2.37. The quantitative estimate of drug-likeness (QED) is 0.477. The normalized spacial score (nSPS) is 16.6. The van der Waals surface area contributed by atoms with Gasteiger partial charge in [-0.3, -0.25) is 14.4 Å². The fourth-order valence-corrected chi connectivity index (χ4v) is 3.45. The minimum Gasteiger partial charge on any atom is -0.462 e. The molecule has 7 nitrogen and oxygen atoms in total. The van der Waals surface area contributed by atoms with E-state index in [1.807, 2.05) is 6.07 Å². The van der Waals surface area contributed by atoms with E-state index in [9.17, 15) is 19.2 Å². The third-order valence-corrected chi connectivity index (χ3v) is 5.13. The third kappa shape index (κ3) is 5.17. The van der Waals surface area contributed by atoms with Gasteiger partial charge in [0, 0.05) is 24.2 Å². The van der Waals surface area contributed by atoms with Gasteiger partial charge in [0.15, 0.2) is 6.10 Å². The first-order chi connectivity index (χ1) is 14.9. The van der Waals surface area contributed by atoms with Gasteiger partial charge in [-0.2, -0.15) is 0 Å². The van der Waals surface area contributed by atoms with Crippen molar-refractivity contribution in [1.29, 1.82) is 0 Å². The summed E-state index contributed by atoms with van der Waals surface area (Å²) in [4.78, 5) is 51.0. The monoisotopic (exact) mass is 423 g/mol. The molecule has 0 unspecified atom stereocenters. The molecule has 0 bridgehead atoms. The molecule has 0 radical (unpaired) electrons. The lowest BCUT2D eigenvalue weighted by atomic mass is 10.0. The van der Waals surface area contributed by atoms with E-state index in [-0.39, 0.29) is 31.3 Å². The van der Waals surface area contributed by atoms with E-state index in [1.165, 1.54) is 4.90 Å². The van der Waals surface area contributed by atoms with E-state index in [1.54, 1.807) is 62.4 Å². The summed E-state index contributed by atoms with van der Waals surface area (Å²) in [6.07, 6.45) is -0.531. The van der Waals surface area contributed by atoms with Crippen LogP contribution in [0.4, 0.5) is 5.69 Å². The van der Waals surface area contributed by atoms with Crippen molar-refractivity contribution in [2.45, 2.75) is 32.8 Å². The van der Waals surface area contributed by atoms with Crippen molar-refractivity contribution in [3.8, 4) is 0 Å². The Bertz CT molecular complexity index is 954. The van der Waals surface area contributed by atoms with E-state index in [0.717, 1.165) is 0 Å². The average Bonchev–Trinajstić information content (AvgIpc) is 3.19. The Morgan fingerprint density at radius 1 is 1.00 bits per heavy atom. The third-order valence-electron chi connectivity index (χ3n) is 5.13. The lowest BCUT2D eigenvalue weighted by Gasteiger charge is -2.19. The van der Waals surface area contributed by atoms with Crippen LogP contribution in [0.1, 0.15) is 47.4 Å². The van der Waals surface area contributed by atoms with Gasteiger partial charge in [-0.1, -0.05) is 37.3 Å². The SMILES string of the molecule is CCOC(=O)c1ccc(N2C[C@H](C(=O)O[C@@H](CC)C(=O)c3ccccc3)CC2=O)cc1. The van der Waals surface area contributed by atoms with Crippen molar-refractivity contribution in [3.63, 3.8) is 0 Å². The number of Topliss-reactive ketones (excluding diaryl/α,β-unsaturated/α-hetero) is 1. The van der Waals surface area contributed by atoms with E-state index >= 15 is 0 Å². The summed E-state index contributed by atoms with van der Waals surface area (Å²) in [6.45, 7) is 3.94. The molecule has 0 aromatic heterocycles. The molecule has 2 atom stereocenters. The van der Waals surface area contributed by atoms with Crippen LogP contribution in [0.25, 0.3) is 0 Å². The maximum absolute atomic E-state index is 12.7. The van der Waals surface area contributed by atoms with Crippen molar-refractivity contribution in [1.82, 2.24) is 0 Å². The predicted octanol–water partition coefficient (Wildman–Crippen LogP) is 3.42.